The molecule has 32 heavy (non-hydrogen) atoms. The van der Waals surface area contributed by atoms with Gasteiger partial charge in [0.15, 0.2) is 11.6 Å². The molecule has 1 aliphatic carbocycles. The summed E-state index contributed by atoms with van der Waals surface area (Å²) in [5.74, 6) is 7.60. The second kappa shape index (κ2) is 9.68. The summed E-state index contributed by atoms with van der Waals surface area (Å²) >= 11 is 0. The number of carbonyl (C=O) groups excluding carboxylic acids is 1. The first-order chi connectivity index (χ1) is 15.6. The maximum Gasteiger partial charge on any atom is 0.228 e. The largest absolute Gasteiger partial charge is 0.395 e. The molecule has 0 radical (unpaired) electrons. The summed E-state index contributed by atoms with van der Waals surface area (Å²) in [5, 5.41) is 27.0. The third kappa shape index (κ3) is 4.99. The Bertz CT molecular complexity index is 1180. The van der Waals surface area contributed by atoms with Gasteiger partial charge in [0.1, 0.15) is 11.2 Å². The van der Waals surface area contributed by atoms with Gasteiger partial charge in [0.2, 0.25) is 5.91 Å². The molecule has 0 spiro atoms. The molecule has 0 aliphatic heterocycles. The summed E-state index contributed by atoms with van der Waals surface area (Å²) in [7, 11) is 1.76. The van der Waals surface area contributed by atoms with E-state index in [-0.39, 0.29) is 18.4 Å². The molecule has 1 aliphatic rings. The van der Waals surface area contributed by atoms with E-state index in [9.17, 15) is 4.79 Å². The number of rotatable bonds is 7. The summed E-state index contributed by atoms with van der Waals surface area (Å²) in [6, 6.07) is 5.58. The first-order valence-electron chi connectivity index (χ1n) is 10.5. The van der Waals surface area contributed by atoms with E-state index in [4.69, 9.17) is 5.11 Å². The molecule has 0 unspecified atom stereocenters. The number of aliphatic hydroxyl groups is 1. The normalized spacial score (nSPS) is 16.8. The van der Waals surface area contributed by atoms with E-state index in [1.54, 1.807) is 25.5 Å². The summed E-state index contributed by atoms with van der Waals surface area (Å²) in [6.07, 6.45) is 4.33. The quantitative estimate of drug-likeness (QED) is 0.328. The van der Waals surface area contributed by atoms with Crippen molar-refractivity contribution < 1.29 is 9.90 Å². The molecule has 9 nitrogen and oxygen atoms in total. The van der Waals surface area contributed by atoms with Gasteiger partial charge in [0.05, 0.1) is 12.2 Å². The van der Waals surface area contributed by atoms with Crippen molar-refractivity contribution in [2.75, 3.05) is 30.8 Å². The summed E-state index contributed by atoms with van der Waals surface area (Å²) < 4.78 is 0. The molecular formula is C23H25N7O2. The Balaban J connectivity index is 1.59. The van der Waals surface area contributed by atoms with Gasteiger partial charge in [0, 0.05) is 43.8 Å². The van der Waals surface area contributed by atoms with Crippen molar-refractivity contribution in [2.24, 2.45) is 11.8 Å². The van der Waals surface area contributed by atoms with Gasteiger partial charge < -0.3 is 21.1 Å². The molecule has 9 heteroatoms. The summed E-state index contributed by atoms with van der Waals surface area (Å²) in [4.78, 5) is 21.1. The van der Waals surface area contributed by atoms with Crippen molar-refractivity contribution in [2.45, 2.75) is 19.9 Å². The molecule has 4 rings (SSSR count). The van der Waals surface area contributed by atoms with E-state index in [2.05, 4.69) is 54.9 Å². The van der Waals surface area contributed by atoms with Crippen molar-refractivity contribution in [3.05, 3.63) is 47.4 Å². The lowest BCUT2D eigenvalue weighted by Crippen LogP contribution is -2.17. The van der Waals surface area contributed by atoms with Gasteiger partial charge in [-0.05, 0) is 36.0 Å². The number of nitrogens with one attached hydrogen (secondary N) is 3. The van der Waals surface area contributed by atoms with Crippen LogP contribution in [0.1, 0.15) is 30.2 Å². The Kier molecular flexibility index (Phi) is 6.54. The number of fused-ring (bicyclic) bond motifs is 1. The molecule has 3 heterocycles. The molecule has 2 atom stereocenters. The predicted molar refractivity (Wildman–Crippen MR) is 122 cm³/mol. The molecule has 4 N–H and O–H groups in total. The topological polar surface area (TPSA) is 125 Å². The van der Waals surface area contributed by atoms with Crippen LogP contribution in [-0.4, -0.2) is 51.4 Å². The highest BCUT2D eigenvalue weighted by Gasteiger charge is 2.39. The van der Waals surface area contributed by atoms with E-state index < -0.39 is 0 Å². The molecule has 3 aromatic rings. The molecule has 164 valence electrons. The predicted octanol–water partition coefficient (Wildman–Crippen LogP) is 1.54. The number of amides is 1. The maximum atomic E-state index is 12.3. The lowest BCUT2D eigenvalue weighted by atomic mass is 10.1. The minimum Gasteiger partial charge on any atom is -0.395 e. The molecule has 1 saturated carbocycles. The van der Waals surface area contributed by atoms with E-state index in [0.717, 1.165) is 17.4 Å². The number of hydrogen-bond acceptors (Lipinski definition) is 8. The second-order valence-electron chi connectivity index (χ2n) is 7.77. The van der Waals surface area contributed by atoms with E-state index in [0.29, 0.717) is 47.4 Å². The molecule has 0 bridgehead atoms. The average Bonchev–Trinajstić information content (AvgIpc) is 3.55. The van der Waals surface area contributed by atoms with Gasteiger partial charge in [-0.1, -0.05) is 18.9 Å². The Morgan fingerprint density at radius 1 is 1.22 bits per heavy atom. The van der Waals surface area contributed by atoms with Crippen LogP contribution in [0.15, 0.2) is 30.6 Å². The van der Waals surface area contributed by atoms with Crippen LogP contribution in [0, 0.1) is 23.7 Å². The Morgan fingerprint density at radius 3 is 2.75 bits per heavy atom. The molecule has 1 fully saturated rings. The van der Waals surface area contributed by atoms with Crippen molar-refractivity contribution in [3.8, 4) is 11.8 Å². The third-order valence-electron chi connectivity index (χ3n) is 5.33. The van der Waals surface area contributed by atoms with Gasteiger partial charge >= 0.3 is 0 Å². The second-order valence-corrected chi connectivity index (χ2v) is 7.77. The van der Waals surface area contributed by atoms with Gasteiger partial charge in [0.25, 0.3) is 0 Å². The highest BCUT2D eigenvalue weighted by atomic mass is 16.3. The fraction of sp³-hybridized carbons (Fsp3) is 0.348. The van der Waals surface area contributed by atoms with E-state index >= 15 is 0 Å². The Hall–Kier alpha value is -3.61. The monoisotopic (exact) mass is 431 g/mol. The third-order valence-corrected chi connectivity index (χ3v) is 5.33. The number of carbonyl (C=O) groups is 1. The standard InChI is InChI=1S/C23H25N7O2/c1-14-9-18(14)23(32)28-20-10-19-16(13-27-22(24-2)21(19)30-29-20)4-6-17-5-3-15(12-26-17)11-25-7-8-31/h3,5,10,12-14,18,25,31H,7-9,11H2,1-2H3,(H,24,27)(H,28,29,32)/t14-,18+/m1/s1. The van der Waals surface area contributed by atoms with Crippen molar-refractivity contribution in [1.29, 1.82) is 0 Å². The summed E-state index contributed by atoms with van der Waals surface area (Å²) in [6.45, 7) is 3.32. The van der Waals surface area contributed by atoms with Crippen LogP contribution in [0.3, 0.4) is 0 Å². The summed E-state index contributed by atoms with van der Waals surface area (Å²) in [5.41, 5.74) is 2.88. The number of anilines is 2. The Morgan fingerprint density at radius 2 is 2.06 bits per heavy atom. The van der Waals surface area contributed by atoms with Crippen LogP contribution in [0.2, 0.25) is 0 Å². The van der Waals surface area contributed by atoms with Crippen LogP contribution in [0.5, 0.6) is 0 Å². The minimum absolute atomic E-state index is 0.0283. The van der Waals surface area contributed by atoms with Crippen LogP contribution in [0.4, 0.5) is 11.6 Å². The van der Waals surface area contributed by atoms with Crippen LogP contribution >= 0.6 is 0 Å². The maximum absolute atomic E-state index is 12.3. The molecule has 3 aromatic heterocycles. The number of pyridine rings is 2. The number of hydrogen-bond donors (Lipinski definition) is 4. The highest BCUT2D eigenvalue weighted by Crippen LogP contribution is 2.38. The Labute approximate surface area is 186 Å². The highest BCUT2D eigenvalue weighted by molar-refractivity contribution is 5.97. The van der Waals surface area contributed by atoms with E-state index in [1.165, 1.54) is 0 Å². The van der Waals surface area contributed by atoms with Gasteiger partial charge in [-0.3, -0.25) is 4.79 Å². The van der Waals surface area contributed by atoms with Crippen molar-refractivity contribution in [1.82, 2.24) is 25.5 Å². The average molecular weight is 432 g/mol. The van der Waals surface area contributed by atoms with Gasteiger partial charge in [-0.2, -0.15) is 0 Å². The zero-order valence-corrected chi connectivity index (χ0v) is 18.0. The van der Waals surface area contributed by atoms with Crippen molar-refractivity contribution >= 4 is 28.4 Å². The number of aliphatic hydroxyl groups excluding tert-OH is 1. The zero-order chi connectivity index (χ0) is 22.5. The van der Waals surface area contributed by atoms with Crippen molar-refractivity contribution in [3.63, 3.8) is 0 Å². The minimum atomic E-state index is -0.0283. The van der Waals surface area contributed by atoms with Gasteiger partial charge in [-0.25, -0.2) is 9.97 Å². The SMILES string of the molecule is CNc1ncc(C#Cc2ccc(CNCCO)cn2)c2cc(NC(=O)[C@H]3C[C@H]3C)nnc12. The number of aromatic nitrogens is 4. The molecular weight excluding hydrogens is 406 g/mol. The lowest BCUT2D eigenvalue weighted by molar-refractivity contribution is -0.117. The lowest BCUT2D eigenvalue weighted by Gasteiger charge is -2.08. The first-order valence-corrected chi connectivity index (χ1v) is 10.5. The van der Waals surface area contributed by atoms with Gasteiger partial charge in [-0.15, -0.1) is 10.2 Å². The first kappa shape index (κ1) is 21.6. The molecule has 0 saturated heterocycles. The fourth-order valence-corrected chi connectivity index (χ4v) is 3.33. The number of nitrogens with zero attached hydrogens (tertiary/aromatic N) is 4. The molecule has 0 aromatic carbocycles. The van der Waals surface area contributed by atoms with E-state index in [1.807, 2.05) is 12.1 Å². The van der Waals surface area contributed by atoms with Crippen LogP contribution in [-0.2, 0) is 11.3 Å². The zero-order valence-electron chi connectivity index (χ0n) is 18.0. The molecule has 1 amide bonds. The smallest absolute Gasteiger partial charge is 0.228 e. The van der Waals surface area contributed by atoms with Crippen LogP contribution < -0.4 is 16.0 Å². The van der Waals surface area contributed by atoms with Crippen LogP contribution in [0.25, 0.3) is 10.9 Å². The fourth-order valence-electron chi connectivity index (χ4n) is 3.33.